The van der Waals surface area contributed by atoms with Gasteiger partial charge in [0.1, 0.15) is 22.3 Å². The zero-order chi connectivity index (χ0) is 22.0. The molecule has 8 nitrogen and oxygen atoms in total. The van der Waals surface area contributed by atoms with Gasteiger partial charge in [0.05, 0.1) is 34.2 Å². The molecule has 0 radical (unpaired) electrons. The van der Waals surface area contributed by atoms with Crippen LogP contribution in [0, 0.1) is 18.6 Å². The van der Waals surface area contributed by atoms with E-state index >= 15 is 0 Å². The van der Waals surface area contributed by atoms with Crippen molar-refractivity contribution in [3.63, 3.8) is 0 Å². The number of nitrogens with two attached hydrogens (primary N) is 2. The third-order valence-corrected chi connectivity index (χ3v) is 5.67. The Morgan fingerprint density at radius 2 is 1.90 bits per heavy atom. The first-order chi connectivity index (χ1) is 15.0. The Morgan fingerprint density at radius 1 is 1.10 bits per heavy atom. The molecule has 3 heterocycles. The average molecular weight is 440 g/mol. The molecule has 0 aliphatic carbocycles. The van der Waals surface area contributed by atoms with Crippen molar-refractivity contribution in [2.75, 3.05) is 16.5 Å². The zero-order valence-electron chi connectivity index (χ0n) is 16.4. The number of aromatic nitrogens is 4. The van der Waals surface area contributed by atoms with Gasteiger partial charge in [0.15, 0.2) is 5.82 Å². The Labute approximate surface area is 180 Å². The Morgan fingerprint density at radius 3 is 2.65 bits per heavy atom. The lowest BCUT2D eigenvalue weighted by molar-refractivity contribution is 0.609. The SMILES string of the molecule is Cc1nc(CNc2cccnn2)sc1-c1cccc(-c2cc(F)c(N)c(NN)c2F)n1. The summed E-state index contributed by atoms with van der Waals surface area (Å²) >= 11 is 1.45. The van der Waals surface area contributed by atoms with Crippen molar-refractivity contribution in [3.8, 4) is 21.8 Å². The van der Waals surface area contributed by atoms with Crippen molar-refractivity contribution in [2.45, 2.75) is 13.5 Å². The number of aryl methyl sites for hydroxylation is 1. The summed E-state index contributed by atoms with van der Waals surface area (Å²) in [7, 11) is 0. The van der Waals surface area contributed by atoms with Gasteiger partial charge in [-0.3, -0.25) is 5.84 Å². The summed E-state index contributed by atoms with van der Waals surface area (Å²) in [6, 6.07) is 9.70. The highest BCUT2D eigenvalue weighted by molar-refractivity contribution is 7.15. The van der Waals surface area contributed by atoms with E-state index in [-0.39, 0.29) is 16.9 Å². The highest BCUT2D eigenvalue weighted by Crippen LogP contribution is 2.35. The topological polar surface area (TPSA) is 128 Å². The predicted molar refractivity (Wildman–Crippen MR) is 117 cm³/mol. The smallest absolute Gasteiger partial charge is 0.159 e. The number of pyridine rings is 1. The first-order valence-electron chi connectivity index (χ1n) is 9.17. The molecule has 0 saturated carbocycles. The van der Waals surface area contributed by atoms with E-state index < -0.39 is 17.3 Å². The molecule has 158 valence electrons. The van der Waals surface area contributed by atoms with E-state index in [0.29, 0.717) is 18.1 Å². The summed E-state index contributed by atoms with van der Waals surface area (Å²) in [6.45, 7) is 2.33. The first kappa shape index (κ1) is 20.6. The van der Waals surface area contributed by atoms with Gasteiger partial charge in [-0.2, -0.15) is 5.10 Å². The van der Waals surface area contributed by atoms with E-state index in [4.69, 9.17) is 11.6 Å². The van der Waals surface area contributed by atoms with Crippen molar-refractivity contribution in [1.29, 1.82) is 0 Å². The fraction of sp³-hybridized carbons (Fsp3) is 0.100. The molecule has 3 aromatic heterocycles. The summed E-state index contributed by atoms with van der Waals surface area (Å²) in [5, 5.41) is 11.8. The number of hydrazine groups is 1. The van der Waals surface area contributed by atoms with Crippen LogP contribution in [0.5, 0.6) is 0 Å². The molecule has 4 rings (SSSR count). The molecule has 6 N–H and O–H groups in total. The highest BCUT2D eigenvalue weighted by Gasteiger charge is 2.19. The second kappa shape index (κ2) is 8.58. The van der Waals surface area contributed by atoms with Gasteiger partial charge in [-0.05, 0) is 37.3 Å². The van der Waals surface area contributed by atoms with Crippen molar-refractivity contribution in [3.05, 3.63) is 64.9 Å². The van der Waals surface area contributed by atoms with Gasteiger partial charge >= 0.3 is 0 Å². The molecule has 0 unspecified atom stereocenters. The van der Waals surface area contributed by atoms with Crippen LogP contribution in [0.1, 0.15) is 10.7 Å². The molecule has 0 bridgehead atoms. The minimum absolute atomic E-state index is 0.0480. The summed E-state index contributed by atoms with van der Waals surface area (Å²) in [5.41, 5.74) is 8.53. The summed E-state index contributed by atoms with van der Waals surface area (Å²) in [5.74, 6) is 4.38. The minimum atomic E-state index is -0.789. The Balaban J connectivity index is 1.65. The lowest BCUT2D eigenvalue weighted by Gasteiger charge is -2.12. The van der Waals surface area contributed by atoms with Gasteiger partial charge in [0, 0.05) is 11.8 Å². The second-order valence-corrected chi connectivity index (χ2v) is 7.63. The first-order valence-corrected chi connectivity index (χ1v) is 9.99. The maximum Gasteiger partial charge on any atom is 0.159 e. The van der Waals surface area contributed by atoms with E-state index in [9.17, 15) is 8.78 Å². The molecule has 31 heavy (non-hydrogen) atoms. The van der Waals surface area contributed by atoms with E-state index in [1.54, 1.807) is 30.5 Å². The van der Waals surface area contributed by atoms with Crippen molar-refractivity contribution >= 4 is 28.5 Å². The van der Waals surface area contributed by atoms with Gasteiger partial charge in [-0.1, -0.05) is 6.07 Å². The second-order valence-electron chi connectivity index (χ2n) is 6.55. The fourth-order valence-corrected chi connectivity index (χ4v) is 3.98. The zero-order valence-corrected chi connectivity index (χ0v) is 17.2. The van der Waals surface area contributed by atoms with E-state index in [1.807, 2.05) is 13.0 Å². The van der Waals surface area contributed by atoms with Crippen LogP contribution in [-0.4, -0.2) is 20.2 Å². The Bertz CT molecular complexity index is 1230. The lowest BCUT2D eigenvalue weighted by Crippen LogP contribution is -2.13. The van der Waals surface area contributed by atoms with Crippen LogP contribution in [0.25, 0.3) is 21.8 Å². The average Bonchev–Trinajstić information content (AvgIpc) is 3.16. The van der Waals surface area contributed by atoms with Gasteiger partial charge in [-0.15, -0.1) is 16.4 Å². The molecule has 1 aromatic carbocycles. The maximum absolute atomic E-state index is 14.8. The summed E-state index contributed by atoms with van der Waals surface area (Å²) in [4.78, 5) is 9.92. The standard InChI is InChI=1S/C20H18F2N8S/c1-10-20(31-16(27-10)9-25-15-6-3-7-26-30-15)14-5-2-4-13(28-14)11-8-12(21)18(23)19(29-24)17(11)22/h2-8,29H,9,23-24H2,1H3,(H,25,30). The third kappa shape index (κ3) is 4.13. The van der Waals surface area contributed by atoms with Gasteiger partial charge in [0.25, 0.3) is 0 Å². The molecule has 0 aliphatic heterocycles. The summed E-state index contributed by atoms with van der Waals surface area (Å²) in [6.07, 6.45) is 1.60. The van der Waals surface area contributed by atoms with Crippen LogP contribution < -0.4 is 22.3 Å². The number of hydrogen-bond acceptors (Lipinski definition) is 9. The van der Waals surface area contributed by atoms with Crippen LogP contribution in [0.3, 0.4) is 0 Å². The van der Waals surface area contributed by atoms with E-state index in [2.05, 4.69) is 30.9 Å². The normalized spacial score (nSPS) is 10.8. The van der Waals surface area contributed by atoms with Crippen LogP contribution in [-0.2, 0) is 6.54 Å². The number of rotatable bonds is 6. The van der Waals surface area contributed by atoms with Gasteiger partial charge in [-0.25, -0.2) is 18.7 Å². The Kier molecular flexibility index (Phi) is 5.69. The summed E-state index contributed by atoms with van der Waals surface area (Å²) < 4.78 is 29.0. The quantitative estimate of drug-likeness (QED) is 0.203. The number of anilines is 3. The highest BCUT2D eigenvalue weighted by atomic mass is 32.1. The third-order valence-electron chi connectivity index (χ3n) is 4.49. The lowest BCUT2D eigenvalue weighted by atomic mass is 10.1. The van der Waals surface area contributed by atoms with Gasteiger partial charge in [0.2, 0.25) is 0 Å². The molecule has 0 atom stereocenters. The number of nitrogens with zero attached hydrogens (tertiary/aromatic N) is 4. The number of thiazole rings is 1. The molecule has 4 aromatic rings. The van der Waals surface area contributed by atoms with Crippen LogP contribution in [0.15, 0.2) is 42.6 Å². The monoisotopic (exact) mass is 440 g/mol. The molecular weight excluding hydrogens is 422 g/mol. The molecular formula is C20H18F2N8S. The minimum Gasteiger partial charge on any atom is -0.395 e. The van der Waals surface area contributed by atoms with Crippen molar-refractivity contribution in [2.24, 2.45) is 5.84 Å². The van der Waals surface area contributed by atoms with Crippen LogP contribution in [0.2, 0.25) is 0 Å². The maximum atomic E-state index is 14.8. The van der Waals surface area contributed by atoms with E-state index in [0.717, 1.165) is 21.6 Å². The fourth-order valence-electron chi connectivity index (χ4n) is 3.01. The molecule has 0 amide bonds. The van der Waals surface area contributed by atoms with Gasteiger partial charge < -0.3 is 16.5 Å². The van der Waals surface area contributed by atoms with Crippen LogP contribution >= 0.6 is 11.3 Å². The number of halogens is 2. The molecule has 11 heteroatoms. The molecule has 0 aliphatic rings. The number of benzene rings is 1. The Hall–Kier alpha value is -3.70. The molecule has 0 saturated heterocycles. The number of nitrogen functional groups attached to an aromatic ring is 2. The number of hydrogen-bond donors (Lipinski definition) is 4. The van der Waals surface area contributed by atoms with Crippen molar-refractivity contribution in [1.82, 2.24) is 20.2 Å². The van der Waals surface area contributed by atoms with Crippen molar-refractivity contribution < 1.29 is 8.78 Å². The van der Waals surface area contributed by atoms with Crippen LogP contribution in [0.4, 0.5) is 26.0 Å². The largest absolute Gasteiger partial charge is 0.395 e. The molecule has 0 fully saturated rings. The van der Waals surface area contributed by atoms with E-state index in [1.165, 1.54) is 11.3 Å². The number of nitrogens with one attached hydrogen (secondary N) is 2. The predicted octanol–water partition coefficient (Wildman–Crippen LogP) is 3.73. The molecule has 0 spiro atoms.